The molecular formula is C12H22N4O2S. The normalized spacial score (nSPS) is 16.5. The lowest BCUT2D eigenvalue weighted by atomic mass is 9.94. The fourth-order valence-electron chi connectivity index (χ4n) is 2.13. The van der Waals surface area contributed by atoms with E-state index < -0.39 is 10.0 Å². The Hall–Kier alpha value is -0.920. The van der Waals surface area contributed by atoms with Crippen molar-refractivity contribution in [2.24, 2.45) is 0 Å². The van der Waals surface area contributed by atoms with E-state index in [9.17, 15) is 8.42 Å². The zero-order valence-electron chi connectivity index (χ0n) is 11.5. The van der Waals surface area contributed by atoms with Gasteiger partial charge in [-0.25, -0.2) is 13.1 Å². The molecule has 3 N–H and O–H groups in total. The minimum Gasteiger partial charge on any atom is -0.311 e. The van der Waals surface area contributed by atoms with Crippen LogP contribution in [-0.2, 0) is 16.6 Å². The van der Waals surface area contributed by atoms with Crippen LogP contribution in [0.3, 0.4) is 0 Å². The number of aromatic nitrogens is 2. The molecule has 0 atom stereocenters. The van der Waals surface area contributed by atoms with Gasteiger partial charge < -0.3 is 5.32 Å². The molecule has 0 radical (unpaired) electrons. The number of H-pyrrole nitrogens is 1. The van der Waals surface area contributed by atoms with Gasteiger partial charge in [0.2, 0.25) is 10.0 Å². The van der Waals surface area contributed by atoms with E-state index in [0.29, 0.717) is 22.8 Å². The number of nitrogens with one attached hydrogen (secondary N) is 3. The van der Waals surface area contributed by atoms with Gasteiger partial charge in [-0.3, -0.25) is 5.10 Å². The molecule has 6 nitrogen and oxygen atoms in total. The molecule has 1 saturated carbocycles. The summed E-state index contributed by atoms with van der Waals surface area (Å²) in [5.74, 6) is 0. The van der Waals surface area contributed by atoms with E-state index in [1.807, 2.05) is 0 Å². The summed E-state index contributed by atoms with van der Waals surface area (Å²) >= 11 is 0. The fraction of sp³-hybridized carbons (Fsp3) is 0.750. The predicted molar refractivity (Wildman–Crippen MR) is 73.3 cm³/mol. The molecule has 1 aromatic heterocycles. The number of hydrogen-bond donors (Lipinski definition) is 3. The first kappa shape index (κ1) is 14.5. The van der Waals surface area contributed by atoms with Crippen molar-refractivity contribution in [1.29, 1.82) is 0 Å². The Bertz CT molecular complexity index is 520. The van der Waals surface area contributed by atoms with Gasteiger partial charge in [-0.1, -0.05) is 13.3 Å². The van der Waals surface area contributed by atoms with Crippen molar-refractivity contribution < 1.29 is 8.42 Å². The zero-order valence-corrected chi connectivity index (χ0v) is 12.3. The zero-order chi connectivity index (χ0) is 13.9. The fourth-order valence-corrected chi connectivity index (χ4v) is 3.80. The van der Waals surface area contributed by atoms with Crippen LogP contribution in [0.1, 0.15) is 44.0 Å². The molecule has 0 saturated heterocycles. The molecule has 1 aromatic rings. The molecule has 0 aromatic carbocycles. The van der Waals surface area contributed by atoms with E-state index in [-0.39, 0.29) is 6.04 Å². The van der Waals surface area contributed by atoms with Crippen LogP contribution in [0.2, 0.25) is 0 Å². The Morgan fingerprint density at radius 3 is 2.74 bits per heavy atom. The van der Waals surface area contributed by atoms with E-state index in [4.69, 9.17) is 0 Å². The van der Waals surface area contributed by atoms with Crippen LogP contribution in [0.15, 0.2) is 4.90 Å². The maximum absolute atomic E-state index is 12.4. The maximum atomic E-state index is 12.4. The summed E-state index contributed by atoms with van der Waals surface area (Å²) in [6, 6.07) is 0.0933. The maximum Gasteiger partial charge on any atom is 0.244 e. The van der Waals surface area contributed by atoms with Gasteiger partial charge in [0.05, 0.1) is 11.4 Å². The second-order valence-electron chi connectivity index (χ2n) is 5.05. The molecular weight excluding hydrogens is 264 g/mol. The van der Waals surface area contributed by atoms with Gasteiger partial charge in [0.1, 0.15) is 4.90 Å². The van der Waals surface area contributed by atoms with Gasteiger partial charge in [-0.15, -0.1) is 0 Å². The van der Waals surface area contributed by atoms with Crippen molar-refractivity contribution in [3.05, 3.63) is 11.4 Å². The Morgan fingerprint density at radius 1 is 1.42 bits per heavy atom. The van der Waals surface area contributed by atoms with Crippen molar-refractivity contribution in [3.8, 4) is 0 Å². The third-order valence-electron chi connectivity index (χ3n) is 3.38. The van der Waals surface area contributed by atoms with Gasteiger partial charge in [-0.05, 0) is 32.7 Å². The molecule has 0 amide bonds. The monoisotopic (exact) mass is 286 g/mol. The largest absolute Gasteiger partial charge is 0.311 e. The second kappa shape index (κ2) is 6.02. The van der Waals surface area contributed by atoms with Gasteiger partial charge in [0.15, 0.2) is 0 Å². The van der Waals surface area contributed by atoms with Crippen molar-refractivity contribution in [3.63, 3.8) is 0 Å². The highest BCUT2D eigenvalue weighted by Crippen LogP contribution is 2.23. The van der Waals surface area contributed by atoms with Crippen LogP contribution >= 0.6 is 0 Å². The van der Waals surface area contributed by atoms with Crippen molar-refractivity contribution in [2.75, 3.05) is 6.54 Å². The van der Waals surface area contributed by atoms with E-state index in [0.717, 1.165) is 32.2 Å². The minimum atomic E-state index is -3.46. The van der Waals surface area contributed by atoms with Crippen LogP contribution in [0.5, 0.6) is 0 Å². The van der Waals surface area contributed by atoms with Gasteiger partial charge in [0, 0.05) is 12.6 Å². The van der Waals surface area contributed by atoms with E-state index >= 15 is 0 Å². The van der Waals surface area contributed by atoms with Crippen LogP contribution in [-0.4, -0.2) is 31.2 Å². The molecule has 108 valence electrons. The lowest BCUT2D eigenvalue weighted by molar-refractivity contribution is 0.383. The lowest BCUT2D eigenvalue weighted by Crippen LogP contribution is -2.40. The van der Waals surface area contributed by atoms with Gasteiger partial charge >= 0.3 is 0 Å². The Balaban J connectivity index is 2.14. The SMILES string of the molecule is CCCNCc1n[nH]c(C)c1S(=O)(=O)NC1CCC1. The summed E-state index contributed by atoms with van der Waals surface area (Å²) in [6.45, 7) is 5.13. The summed E-state index contributed by atoms with van der Waals surface area (Å²) in [5, 5.41) is 10.1. The number of aromatic amines is 1. The molecule has 7 heteroatoms. The van der Waals surface area contributed by atoms with Gasteiger partial charge in [0.25, 0.3) is 0 Å². The highest BCUT2D eigenvalue weighted by Gasteiger charge is 2.29. The molecule has 1 aliphatic rings. The topological polar surface area (TPSA) is 86.9 Å². The third-order valence-corrected chi connectivity index (χ3v) is 5.10. The first-order valence-corrected chi connectivity index (χ1v) is 8.29. The molecule has 1 aliphatic carbocycles. The Labute approximate surface area is 114 Å². The average Bonchev–Trinajstić information content (AvgIpc) is 2.67. The number of hydrogen-bond acceptors (Lipinski definition) is 4. The first-order chi connectivity index (χ1) is 9.04. The second-order valence-corrected chi connectivity index (χ2v) is 6.70. The molecule has 1 heterocycles. The number of sulfonamides is 1. The highest BCUT2D eigenvalue weighted by molar-refractivity contribution is 7.89. The summed E-state index contributed by atoms with van der Waals surface area (Å²) in [4.78, 5) is 0.308. The molecule has 0 aliphatic heterocycles. The summed E-state index contributed by atoms with van der Waals surface area (Å²) in [6.07, 6.45) is 3.97. The molecule has 0 unspecified atom stereocenters. The molecule has 0 spiro atoms. The lowest BCUT2D eigenvalue weighted by Gasteiger charge is -2.26. The van der Waals surface area contributed by atoms with E-state index in [1.54, 1.807) is 6.92 Å². The van der Waals surface area contributed by atoms with E-state index in [1.165, 1.54) is 0 Å². The molecule has 19 heavy (non-hydrogen) atoms. The smallest absolute Gasteiger partial charge is 0.244 e. The third kappa shape index (κ3) is 3.34. The molecule has 1 fully saturated rings. The first-order valence-electron chi connectivity index (χ1n) is 6.81. The summed E-state index contributed by atoms with van der Waals surface area (Å²) in [7, 11) is -3.46. The van der Waals surface area contributed by atoms with Crippen molar-refractivity contribution >= 4 is 10.0 Å². The van der Waals surface area contributed by atoms with Crippen LogP contribution in [0.4, 0.5) is 0 Å². The summed E-state index contributed by atoms with van der Waals surface area (Å²) in [5.41, 5.74) is 1.16. The van der Waals surface area contributed by atoms with Crippen molar-refractivity contribution in [1.82, 2.24) is 20.2 Å². The highest BCUT2D eigenvalue weighted by atomic mass is 32.2. The molecule has 2 rings (SSSR count). The standard InChI is InChI=1S/C12H22N4O2S/c1-3-7-13-8-11-12(9(2)14-15-11)19(17,18)16-10-5-4-6-10/h10,13,16H,3-8H2,1-2H3,(H,14,15). The summed E-state index contributed by atoms with van der Waals surface area (Å²) < 4.78 is 27.5. The molecule has 0 bridgehead atoms. The predicted octanol–water partition coefficient (Wildman–Crippen LogP) is 1.05. The number of aryl methyl sites for hydroxylation is 1. The van der Waals surface area contributed by atoms with Crippen molar-refractivity contribution in [2.45, 2.75) is 57.0 Å². The quantitative estimate of drug-likeness (QED) is 0.654. The van der Waals surface area contributed by atoms with Crippen LogP contribution in [0.25, 0.3) is 0 Å². The van der Waals surface area contributed by atoms with Gasteiger partial charge in [-0.2, -0.15) is 5.10 Å². The number of rotatable bonds is 7. The Morgan fingerprint density at radius 2 is 2.16 bits per heavy atom. The van der Waals surface area contributed by atoms with Crippen LogP contribution < -0.4 is 10.0 Å². The van der Waals surface area contributed by atoms with Crippen LogP contribution in [0, 0.1) is 6.92 Å². The average molecular weight is 286 g/mol. The minimum absolute atomic E-state index is 0.0933. The van der Waals surface area contributed by atoms with E-state index in [2.05, 4.69) is 27.2 Å². The Kier molecular flexibility index (Phi) is 4.59. The number of nitrogens with zero attached hydrogens (tertiary/aromatic N) is 1.